The average Bonchev–Trinajstić information content (AvgIpc) is 2.87. The molecule has 3 amide bonds. The smallest absolute Gasteiger partial charge is 0.326 e. The van der Waals surface area contributed by atoms with Gasteiger partial charge in [0.1, 0.15) is 23.9 Å². The number of benzene rings is 1. The van der Waals surface area contributed by atoms with Crippen LogP contribution in [0.15, 0.2) is 24.3 Å². The molecule has 0 heterocycles. The number of rotatable bonds is 17. The molecule has 9 N–H and O–H groups in total. The number of carboxylic acid groups (broad SMARTS) is 3. The number of amides is 3. The number of phenolic OH excluding ortho intramolecular Hbond substituents is 1. The maximum absolute atomic E-state index is 13.0. The number of carbonyl (C=O) groups is 6. The number of nitrogens with two attached hydrogens (primary N) is 1. The highest BCUT2D eigenvalue weighted by atomic mass is 16.4. The summed E-state index contributed by atoms with van der Waals surface area (Å²) in [5.41, 5.74) is 6.37. The van der Waals surface area contributed by atoms with Gasteiger partial charge in [0.25, 0.3) is 0 Å². The van der Waals surface area contributed by atoms with Crippen molar-refractivity contribution in [2.45, 2.75) is 76.5 Å². The van der Waals surface area contributed by atoms with Crippen molar-refractivity contribution in [2.24, 2.45) is 11.7 Å². The summed E-state index contributed by atoms with van der Waals surface area (Å²) in [5.74, 6) is -6.87. The molecule has 1 rings (SSSR count). The normalized spacial score (nSPS) is 14.6. The second-order valence-electron chi connectivity index (χ2n) is 9.17. The quantitative estimate of drug-likeness (QED) is 0.123. The van der Waals surface area contributed by atoms with Gasteiger partial charge >= 0.3 is 17.9 Å². The minimum absolute atomic E-state index is 0.0410. The van der Waals surface area contributed by atoms with E-state index in [1.807, 2.05) is 6.92 Å². The molecule has 0 bridgehead atoms. The molecule has 14 heteroatoms. The third-order valence-corrected chi connectivity index (χ3v) is 6.11. The lowest BCUT2D eigenvalue weighted by atomic mass is 9.98. The third kappa shape index (κ3) is 11.8. The highest BCUT2D eigenvalue weighted by Crippen LogP contribution is 2.12. The Morgan fingerprint density at radius 2 is 1.21 bits per heavy atom. The summed E-state index contributed by atoms with van der Waals surface area (Å²) < 4.78 is 0. The minimum atomic E-state index is -1.51. The lowest BCUT2D eigenvalue weighted by Gasteiger charge is -2.26. The van der Waals surface area contributed by atoms with Gasteiger partial charge in [0.2, 0.25) is 17.7 Å². The van der Waals surface area contributed by atoms with Crippen LogP contribution in [0.5, 0.6) is 5.75 Å². The molecule has 1 aromatic carbocycles. The van der Waals surface area contributed by atoms with Gasteiger partial charge < -0.3 is 42.1 Å². The Labute approximate surface area is 225 Å². The fourth-order valence-corrected chi connectivity index (χ4v) is 3.47. The van der Waals surface area contributed by atoms with Crippen molar-refractivity contribution in [3.05, 3.63) is 29.8 Å². The number of carbonyl (C=O) groups excluding carboxylic acids is 3. The number of phenols is 1. The summed E-state index contributed by atoms with van der Waals surface area (Å²) in [6.45, 7) is 3.53. The molecule has 0 saturated heterocycles. The number of aliphatic carboxylic acids is 3. The van der Waals surface area contributed by atoms with Crippen molar-refractivity contribution >= 4 is 35.6 Å². The summed E-state index contributed by atoms with van der Waals surface area (Å²) >= 11 is 0. The Morgan fingerprint density at radius 1 is 0.769 bits per heavy atom. The van der Waals surface area contributed by atoms with Gasteiger partial charge in [-0.25, -0.2) is 4.79 Å². The monoisotopic (exact) mass is 552 g/mol. The highest BCUT2D eigenvalue weighted by Gasteiger charge is 2.31. The van der Waals surface area contributed by atoms with Gasteiger partial charge in [0, 0.05) is 19.3 Å². The molecule has 0 aliphatic carbocycles. The number of carboxylic acids is 3. The number of aromatic hydroxyl groups is 1. The standard InChI is InChI=1S/C25H36N4O10/c1-3-13(2)21(26)24(37)28-17(9-11-20(33)34)22(35)27-16(8-10-19(31)32)23(36)29-18(25(38)39)12-14-4-6-15(30)7-5-14/h4-7,13,16-18,21,30H,3,8-12,26H2,1-2H3,(H,27,35)(H,28,37)(H,29,36)(H,31,32)(H,33,34)(H,38,39)/t13-,16-,17-,18-,21-/m0/s1. The van der Waals surface area contributed by atoms with Crippen LogP contribution in [0.2, 0.25) is 0 Å². The van der Waals surface area contributed by atoms with Crippen LogP contribution in [-0.2, 0) is 35.2 Å². The molecular weight excluding hydrogens is 516 g/mol. The fraction of sp³-hybridized carbons (Fsp3) is 0.520. The van der Waals surface area contributed by atoms with Gasteiger partial charge in [-0.3, -0.25) is 24.0 Å². The third-order valence-electron chi connectivity index (χ3n) is 6.11. The molecule has 0 fully saturated rings. The SMILES string of the molecule is CC[C@H](C)[C@H](N)C(=O)N[C@@H](CCC(=O)O)C(=O)N[C@@H](CCC(=O)O)C(=O)N[C@@H](Cc1ccc(O)cc1)C(=O)O. The first-order chi connectivity index (χ1) is 18.2. The zero-order valence-electron chi connectivity index (χ0n) is 21.8. The fourth-order valence-electron chi connectivity index (χ4n) is 3.47. The van der Waals surface area contributed by atoms with E-state index >= 15 is 0 Å². The zero-order chi connectivity index (χ0) is 29.7. The maximum atomic E-state index is 13.0. The van der Waals surface area contributed by atoms with Crippen LogP contribution in [0.4, 0.5) is 0 Å². The molecule has 0 unspecified atom stereocenters. The van der Waals surface area contributed by atoms with E-state index in [0.29, 0.717) is 12.0 Å². The first-order valence-corrected chi connectivity index (χ1v) is 12.4. The second kappa shape index (κ2) is 15.9. The lowest BCUT2D eigenvalue weighted by Crippen LogP contribution is -2.57. The highest BCUT2D eigenvalue weighted by molar-refractivity contribution is 5.94. The molecule has 5 atom stereocenters. The largest absolute Gasteiger partial charge is 0.508 e. The van der Waals surface area contributed by atoms with Crippen LogP contribution < -0.4 is 21.7 Å². The molecule has 0 aromatic heterocycles. The van der Waals surface area contributed by atoms with Crippen molar-refractivity contribution in [1.82, 2.24) is 16.0 Å². The second-order valence-corrected chi connectivity index (χ2v) is 9.17. The van der Waals surface area contributed by atoms with E-state index in [1.165, 1.54) is 24.3 Å². The number of hydrogen-bond acceptors (Lipinski definition) is 8. The Hall–Kier alpha value is -4.20. The van der Waals surface area contributed by atoms with Crippen molar-refractivity contribution in [3.63, 3.8) is 0 Å². The van der Waals surface area contributed by atoms with E-state index < -0.39 is 79.1 Å². The topological polar surface area (TPSA) is 245 Å². The van der Waals surface area contributed by atoms with Crippen LogP contribution in [0, 0.1) is 5.92 Å². The van der Waals surface area contributed by atoms with Gasteiger partial charge in [-0.2, -0.15) is 0 Å². The predicted octanol–water partition coefficient (Wildman–Crippen LogP) is -0.423. The van der Waals surface area contributed by atoms with Crippen LogP contribution in [-0.4, -0.2) is 80.2 Å². The van der Waals surface area contributed by atoms with Crippen molar-refractivity contribution in [1.29, 1.82) is 0 Å². The summed E-state index contributed by atoms with van der Waals surface area (Å²) in [6, 6.07) is 0.232. The lowest BCUT2D eigenvalue weighted by molar-refractivity contribution is -0.143. The Morgan fingerprint density at radius 3 is 1.62 bits per heavy atom. The van der Waals surface area contributed by atoms with Gasteiger partial charge in [0.15, 0.2) is 0 Å². The Balaban J connectivity index is 3.09. The molecule has 0 radical (unpaired) electrons. The molecule has 216 valence electrons. The molecule has 14 nitrogen and oxygen atoms in total. The van der Waals surface area contributed by atoms with Crippen LogP contribution in [0.1, 0.15) is 51.5 Å². The van der Waals surface area contributed by atoms with E-state index in [0.717, 1.165) is 0 Å². The molecule has 0 aliphatic heterocycles. The van der Waals surface area contributed by atoms with Crippen molar-refractivity contribution in [2.75, 3.05) is 0 Å². The van der Waals surface area contributed by atoms with Crippen molar-refractivity contribution < 1.29 is 49.2 Å². The van der Waals surface area contributed by atoms with Crippen molar-refractivity contribution in [3.8, 4) is 5.75 Å². The van der Waals surface area contributed by atoms with Crippen LogP contribution >= 0.6 is 0 Å². The number of hydrogen-bond donors (Lipinski definition) is 8. The summed E-state index contributed by atoms with van der Waals surface area (Å²) in [6.07, 6.45) is -1.43. The van der Waals surface area contributed by atoms with E-state index in [4.69, 9.17) is 15.9 Å². The predicted molar refractivity (Wildman–Crippen MR) is 136 cm³/mol. The molecule has 39 heavy (non-hydrogen) atoms. The molecule has 1 aromatic rings. The molecule has 0 saturated carbocycles. The van der Waals surface area contributed by atoms with Crippen LogP contribution in [0.25, 0.3) is 0 Å². The van der Waals surface area contributed by atoms with E-state index in [9.17, 15) is 39.0 Å². The summed E-state index contributed by atoms with van der Waals surface area (Å²) in [4.78, 5) is 72.6. The number of nitrogens with one attached hydrogen (secondary N) is 3. The zero-order valence-corrected chi connectivity index (χ0v) is 21.8. The van der Waals surface area contributed by atoms with E-state index in [-0.39, 0.29) is 24.5 Å². The Bertz CT molecular complexity index is 1030. The molecule has 0 spiro atoms. The minimum Gasteiger partial charge on any atom is -0.508 e. The summed E-state index contributed by atoms with van der Waals surface area (Å²) in [7, 11) is 0. The maximum Gasteiger partial charge on any atom is 0.326 e. The van der Waals surface area contributed by atoms with Gasteiger partial charge in [-0.1, -0.05) is 32.4 Å². The molecular formula is C25H36N4O10. The van der Waals surface area contributed by atoms with Gasteiger partial charge in [-0.15, -0.1) is 0 Å². The molecule has 0 aliphatic rings. The summed E-state index contributed by atoms with van der Waals surface area (Å²) in [5, 5.41) is 44.1. The first-order valence-electron chi connectivity index (χ1n) is 12.4. The van der Waals surface area contributed by atoms with E-state index in [1.54, 1.807) is 6.92 Å². The van der Waals surface area contributed by atoms with Gasteiger partial charge in [-0.05, 0) is 36.5 Å². The first kappa shape index (κ1) is 32.8. The Kier molecular flexibility index (Phi) is 13.4. The van der Waals surface area contributed by atoms with Crippen LogP contribution in [0.3, 0.4) is 0 Å². The van der Waals surface area contributed by atoms with Gasteiger partial charge in [0.05, 0.1) is 6.04 Å². The average molecular weight is 553 g/mol. The van der Waals surface area contributed by atoms with E-state index in [2.05, 4.69) is 16.0 Å².